The van der Waals surface area contributed by atoms with Gasteiger partial charge in [0.1, 0.15) is 23.6 Å². The Morgan fingerprint density at radius 1 is 1.16 bits per heavy atom. The van der Waals surface area contributed by atoms with Crippen LogP contribution in [-0.2, 0) is 0 Å². The maximum absolute atomic E-state index is 14.2. The van der Waals surface area contributed by atoms with Gasteiger partial charge in [-0.3, -0.25) is 0 Å². The van der Waals surface area contributed by atoms with E-state index in [-0.39, 0.29) is 21.9 Å². The van der Waals surface area contributed by atoms with Gasteiger partial charge in [-0.2, -0.15) is 0 Å². The fraction of sp³-hybridized carbons (Fsp3) is 0.0625. The molecule has 9 heteroatoms. The Hall–Kier alpha value is -3.12. The van der Waals surface area contributed by atoms with Gasteiger partial charge in [0.25, 0.3) is 6.43 Å². The molecule has 3 N–H and O–H groups in total. The Morgan fingerprint density at radius 2 is 1.96 bits per heavy atom. The van der Waals surface area contributed by atoms with Gasteiger partial charge in [-0.1, -0.05) is 11.8 Å². The molecule has 3 heterocycles. The van der Waals surface area contributed by atoms with E-state index >= 15 is 0 Å². The van der Waals surface area contributed by atoms with Gasteiger partial charge in [0.2, 0.25) is 0 Å². The summed E-state index contributed by atoms with van der Waals surface area (Å²) in [6.45, 7) is 0. The molecule has 0 atom stereocenters. The zero-order chi connectivity index (χ0) is 17.6. The molecular weight excluding hydrogens is 351 g/mol. The van der Waals surface area contributed by atoms with Crippen molar-refractivity contribution >= 4 is 38.4 Å². The van der Waals surface area contributed by atoms with Crippen LogP contribution in [0.2, 0.25) is 0 Å². The number of benzene rings is 1. The summed E-state index contributed by atoms with van der Waals surface area (Å²) in [7, 11) is 0. The smallest absolute Gasteiger partial charge is 0.289 e. The molecule has 25 heavy (non-hydrogen) atoms. The van der Waals surface area contributed by atoms with Gasteiger partial charge in [-0.15, -0.1) is 11.3 Å². The standard InChI is InChI=1S/C16H8F3N5S/c17-9-4-11-10(24-16(25-11)13(18)19)3-7(9)1-2-8-5-21-15-12(8)14(20)22-6-23-15/h3-6,13H,(H3,20,21,22,23). The third-order valence-corrected chi connectivity index (χ3v) is 4.54. The Labute approximate surface area is 142 Å². The highest BCUT2D eigenvalue weighted by molar-refractivity contribution is 7.18. The number of rotatable bonds is 1. The number of fused-ring (bicyclic) bond motifs is 2. The van der Waals surface area contributed by atoms with Gasteiger partial charge in [0.05, 0.1) is 26.7 Å². The lowest BCUT2D eigenvalue weighted by Crippen LogP contribution is -1.92. The van der Waals surface area contributed by atoms with Crippen molar-refractivity contribution in [3.63, 3.8) is 0 Å². The van der Waals surface area contributed by atoms with Gasteiger partial charge in [-0.05, 0) is 12.1 Å². The maximum Gasteiger partial charge on any atom is 0.289 e. The van der Waals surface area contributed by atoms with E-state index in [1.165, 1.54) is 12.4 Å². The van der Waals surface area contributed by atoms with E-state index in [1.807, 2.05) is 0 Å². The van der Waals surface area contributed by atoms with E-state index in [2.05, 4.69) is 31.8 Å². The third-order valence-electron chi connectivity index (χ3n) is 3.51. The number of anilines is 1. The normalized spacial score (nSPS) is 11.2. The highest BCUT2D eigenvalue weighted by Crippen LogP contribution is 2.30. The summed E-state index contributed by atoms with van der Waals surface area (Å²) in [5.74, 6) is 5.15. The van der Waals surface area contributed by atoms with Crippen molar-refractivity contribution < 1.29 is 13.2 Å². The van der Waals surface area contributed by atoms with Crippen molar-refractivity contribution in [3.8, 4) is 11.8 Å². The molecule has 0 spiro atoms. The van der Waals surface area contributed by atoms with Crippen LogP contribution in [-0.4, -0.2) is 19.9 Å². The van der Waals surface area contributed by atoms with Crippen molar-refractivity contribution in [2.75, 3.05) is 5.73 Å². The van der Waals surface area contributed by atoms with Crippen LogP contribution in [0.5, 0.6) is 0 Å². The molecule has 0 amide bonds. The number of aromatic amines is 1. The zero-order valence-electron chi connectivity index (χ0n) is 12.3. The van der Waals surface area contributed by atoms with Crippen molar-refractivity contribution in [2.24, 2.45) is 0 Å². The first-order chi connectivity index (χ1) is 12.0. The molecule has 0 fully saturated rings. The number of nitrogens with zero attached hydrogens (tertiary/aromatic N) is 3. The van der Waals surface area contributed by atoms with Crippen LogP contribution in [0, 0.1) is 17.7 Å². The first kappa shape index (κ1) is 15.4. The van der Waals surface area contributed by atoms with Crippen molar-refractivity contribution in [1.29, 1.82) is 0 Å². The molecule has 124 valence electrons. The second kappa shape index (κ2) is 5.75. The van der Waals surface area contributed by atoms with Crippen molar-refractivity contribution in [1.82, 2.24) is 19.9 Å². The number of halogens is 3. The molecule has 0 saturated heterocycles. The summed E-state index contributed by atoms with van der Waals surface area (Å²) in [6, 6.07) is 2.52. The van der Waals surface area contributed by atoms with E-state index in [4.69, 9.17) is 5.73 Å². The summed E-state index contributed by atoms with van der Waals surface area (Å²) >= 11 is 0.761. The molecule has 3 aromatic heterocycles. The Kier molecular flexibility index (Phi) is 3.54. The second-order valence-electron chi connectivity index (χ2n) is 5.09. The lowest BCUT2D eigenvalue weighted by atomic mass is 10.1. The number of thiazole rings is 1. The van der Waals surface area contributed by atoms with Gasteiger partial charge in [-0.25, -0.2) is 28.1 Å². The maximum atomic E-state index is 14.2. The van der Waals surface area contributed by atoms with Gasteiger partial charge >= 0.3 is 0 Å². The van der Waals surface area contributed by atoms with E-state index in [0.717, 1.165) is 17.4 Å². The number of hydrogen-bond acceptors (Lipinski definition) is 5. The highest BCUT2D eigenvalue weighted by atomic mass is 32.1. The summed E-state index contributed by atoms with van der Waals surface area (Å²) in [4.78, 5) is 14.6. The predicted octanol–water partition coefficient (Wildman–Crippen LogP) is 3.63. The average molecular weight is 359 g/mol. The second-order valence-corrected chi connectivity index (χ2v) is 6.15. The molecular formula is C16H8F3N5S. The van der Waals surface area contributed by atoms with Crippen LogP contribution in [0.3, 0.4) is 0 Å². The number of nitrogens with two attached hydrogens (primary N) is 1. The number of H-pyrrole nitrogens is 1. The summed E-state index contributed by atoms with van der Waals surface area (Å²) < 4.78 is 40.0. The Bertz CT molecular complexity index is 1170. The molecule has 0 unspecified atom stereocenters. The van der Waals surface area contributed by atoms with Crippen molar-refractivity contribution in [3.05, 3.63) is 46.6 Å². The zero-order valence-corrected chi connectivity index (χ0v) is 13.2. The van der Waals surface area contributed by atoms with E-state index in [9.17, 15) is 13.2 Å². The molecule has 0 bridgehead atoms. The van der Waals surface area contributed by atoms with Crippen LogP contribution < -0.4 is 5.73 Å². The fourth-order valence-corrected chi connectivity index (χ4v) is 3.21. The molecule has 4 aromatic rings. The molecule has 0 aliphatic heterocycles. The summed E-state index contributed by atoms with van der Waals surface area (Å²) in [5.41, 5.74) is 7.19. The topological polar surface area (TPSA) is 80.5 Å². The van der Waals surface area contributed by atoms with Crippen LogP contribution in [0.4, 0.5) is 19.0 Å². The van der Waals surface area contributed by atoms with E-state index in [1.54, 1.807) is 6.20 Å². The van der Waals surface area contributed by atoms with Crippen molar-refractivity contribution in [2.45, 2.75) is 6.43 Å². The minimum Gasteiger partial charge on any atom is -0.383 e. The van der Waals surface area contributed by atoms with Crippen LogP contribution in [0.25, 0.3) is 21.3 Å². The SMILES string of the molecule is Nc1ncnc2[nH]cc(C#Cc3cc4nc(C(F)F)sc4cc3F)c12. The Balaban J connectivity index is 1.80. The molecule has 0 aliphatic carbocycles. The van der Waals surface area contributed by atoms with Crippen LogP contribution >= 0.6 is 11.3 Å². The van der Waals surface area contributed by atoms with E-state index in [0.29, 0.717) is 21.3 Å². The average Bonchev–Trinajstić information content (AvgIpc) is 3.17. The number of hydrogen-bond donors (Lipinski definition) is 2. The van der Waals surface area contributed by atoms with Gasteiger partial charge in [0.15, 0.2) is 5.01 Å². The first-order valence-corrected chi connectivity index (χ1v) is 7.82. The molecule has 0 saturated carbocycles. The van der Waals surface area contributed by atoms with E-state index < -0.39 is 12.2 Å². The Morgan fingerprint density at radius 3 is 2.76 bits per heavy atom. The summed E-state index contributed by atoms with van der Waals surface area (Å²) in [6.07, 6.45) is 0.225. The highest BCUT2D eigenvalue weighted by Gasteiger charge is 2.15. The summed E-state index contributed by atoms with van der Waals surface area (Å²) in [5, 5.41) is 0.200. The monoisotopic (exact) mass is 359 g/mol. The lowest BCUT2D eigenvalue weighted by molar-refractivity contribution is 0.151. The quantitative estimate of drug-likeness (QED) is 0.509. The molecule has 1 aromatic carbocycles. The number of aromatic nitrogens is 4. The molecule has 0 radical (unpaired) electrons. The largest absolute Gasteiger partial charge is 0.383 e. The number of nitrogen functional groups attached to an aromatic ring is 1. The van der Waals surface area contributed by atoms with Gasteiger partial charge in [0, 0.05) is 6.20 Å². The molecule has 5 nitrogen and oxygen atoms in total. The number of alkyl halides is 2. The number of nitrogens with one attached hydrogen (secondary N) is 1. The minimum atomic E-state index is -2.69. The minimum absolute atomic E-state index is 0.0587. The van der Waals surface area contributed by atoms with Crippen LogP contribution in [0.15, 0.2) is 24.7 Å². The molecule has 0 aliphatic rings. The predicted molar refractivity (Wildman–Crippen MR) is 88.8 cm³/mol. The first-order valence-electron chi connectivity index (χ1n) is 7.00. The third kappa shape index (κ3) is 2.66. The lowest BCUT2D eigenvalue weighted by Gasteiger charge is -1.95. The van der Waals surface area contributed by atoms with Crippen LogP contribution in [0.1, 0.15) is 22.6 Å². The van der Waals surface area contributed by atoms with Gasteiger partial charge < -0.3 is 10.7 Å². The molecule has 4 rings (SSSR count). The fourth-order valence-electron chi connectivity index (χ4n) is 2.38.